The summed E-state index contributed by atoms with van der Waals surface area (Å²) in [5.41, 5.74) is 17.6. The van der Waals surface area contributed by atoms with Gasteiger partial charge >= 0.3 is 0 Å². The van der Waals surface area contributed by atoms with Crippen molar-refractivity contribution in [1.29, 1.82) is 0 Å². The molecule has 11 rings (SSSR count). The first-order chi connectivity index (χ1) is 34.1. The fourth-order valence-electron chi connectivity index (χ4n) is 10.1. The first-order valence-electron chi connectivity index (χ1n) is 25.0. The summed E-state index contributed by atoms with van der Waals surface area (Å²) in [6.07, 6.45) is 1.94. The Hall–Kier alpha value is -7.89. The van der Waals surface area contributed by atoms with Gasteiger partial charge in [-0.15, -0.1) is 0 Å². The third kappa shape index (κ3) is 8.75. The lowest BCUT2D eigenvalue weighted by molar-refractivity contribution is 0.483. The van der Waals surface area contributed by atoms with Crippen molar-refractivity contribution >= 4 is 44.6 Å². The van der Waals surface area contributed by atoms with Gasteiger partial charge < -0.3 is 14.5 Å². The van der Waals surface area contributed by atoms with E-state index in [9.17, 15) is 0 Å². The van der Waals surface area contributed by atoms with Crippen LogP contribution in [0.25, 0.3) is 61.0 Å². The van der Waals surface area contributed by atoms with Crippen molar-refractivity contribution in [3.8, 4) is 50.7 Å². The summed E-state index contributed by atoms with van der Waals surface area (Å²) in [6.45, 7) is 21.3. The van der Waals surface area contributed by atoms with Crippen molar-refractivity contribution in [1.82, 2.24) is 9.55 Å². The molecule has 0 N–H and O–H groups in total. The zero-order valence-corrected chi connectivity index (χ0v) is 42.5. The topological polar surface area (TPSA) is 33.5 Å². The molecule has 71 heavy (non-hydrogen) atoms. The number of rotatable bonds is 8. The molecule has 8 aromatic carbocycles. The van der Waals surface area contributed by atoms with E-state index < -0.39 is 0 Å². The second kappa shape index (κ2) is 17.5. The molecule has 2 aromatic heterocycles. The van der Waals surface area contributed by atoms with Crippen LogP contribution in [0.1, 0.15) is 79.0 Å². The standard InChI is InChI=1S/C66H62N4O/c1-64(2,3)49-33-34-67-62(40-49)70-59-32-29-47(45-21-14-11-15-22-45)36-58(59)57-31-30-55(42-61(57)70)71-54-26-17-25-52(41-54)68-43-69(53-38-50(65(4,5)6)37-51(39-53)66(7,8)9)63-56(27-18-28-60(63)68)48-24-16-23-46(35-48)44-19-12-10-13-20-44/h10-42H,43H2,1-9H3. The highest BCUT2D eigenvalue weighted by Gasteiger charge is 2.33. The van der Waals surface area contributed by atoms with E-state index in [1.165, 1.54) is 66.8 Å². The highest BCUT2D eigenvalue weighted by Crippen LogP contribution is 2.51. The van der Waals surface area contributed by atoms with E-state index >= 15 is 0 Å². The number of nitrogens with zero attached hydrogens (tertiary/aromatic N) is 4. The van der Waals surface area contributed by atoms with Gasteiger partial charge in [-0.25, -0.2) is 4.98 Å². The Kier molecular flexibility index (Phi) is 11.2. The van der Waals surface area contributed by atoms with Crippen LogP contribution in [0.2, 0.25) is 0 Å². The average Bonchev–Trinajstić information content (AvgIpc) is 3.92. The highest BCUT2D eigenvalue weighted by atomic mass is 16.5. The highest BCUT2D eigenvalue weighted by molar-refractivity contribution is 6.11. The molecule has 0 unspecified atom stereocenters. The number of ether oxygens (including phenoxy) is 1. The van der Waals surface area contributed by atoms with Crippen molar-refractivity contribution in [2.45, 2.75) is 78.6 Å². The number of pyridine rings is 1. The maximum atomic E-state index is 6.92. The molecule has 352 valence electrons. The van der Waals surface area contributed by atoms with Crippen molar-refractivity contribution < 1.29 is 4.74 Å². The fraction of sp³-hybridized carbons (Fsp3) is 0.197. The zero-order valence-electron chi connectivity index (χ0n) is 42.5. The van der Waals surface area contributed by atoms with Gasteiger partial charge in [-0.1, -0.05) is 172 Å². The van der Waals surface area contributed by atoms with Gasteiger partial charge in [-0.2, -0.15) is 0 Å². The lowest BCUT2D eigenvalue weighted by atomic mass is 9.80. The average molecular weight is 927 g/mol. The minimum Gasteiger partial charge on any atom is -0.457 e. The SMILES string of the molecule is CC(C)(C)c1cc(N2CN(c3cccc(Oc4ccc5c6cc(-c7ccccc7)ccc6n(-c6cc(C(C)(C)C)ccn6)c5c4)c3)c3cccc(-c4cccc(-c5ccccc5)c4)c32)cc(C(C)(C)C)c1. The largest absolute Gasteiger partial charge is 0.457 e. The zero-order chi connectivity index (χ0) is 49.2. The van der Waals surface area contributed by atoms with E-state index in [2.05, 4.69) is 271 Å². The van der Waals surface area contributed by atoms with E-state index in [-0.39, 0.29) is 16.2 Å². The molecule has 0 spiro atoms. The molecule has 3 heterocycles. The summed E-state index contributed by atoms with van der Waals surface area (Å²) in [5, 5.41) is 2.31. The Bertz CT molecular complexity index is 3570. The predicted octanol–water partition coefficient (Wildman–Crippen LogP) is 18.1. The number of anilines is 4. The number of para-hydroxylation sites is 1. The molecule has 0 bridgehead atoms. The van der Waals surface area contributed by atoms with Gasteiger partial charge in [0.2, 0.25) is 0 Å². The van der Waals surface area contributed by atoms with Crippen molar-refractivity contribution in [3.05, 3.63) is 217 Å². The number of aromatic nitrogens is 2. The Morgan fingerprint density at radius 3 is 1.72 bits per heavy atom. The number of benzene rings is 8. The normalized spacial score (nSPS) is 13.0. The van der Waals surface area contributed by atoms with Gasteiger partial charge in [0.15, 0.2) is 0 Å². The molecule has 5 heteroatoms. The minimum absolute atomic E-state index is 0.0378. The monoisotopic (exact) mass is 926 g/mol. The molecule has 5 nitrogen and oxygen atoms in total. The van der Waals surface area contributed by atoms with Gasteiger partial charge in [-0.3, -0.25) is 4.57 Å². The van der Waals surface area contributed by atoms with E-state index in [0.717, 1.165) is 45.1 Å². The lowest BCUT2D eigenvalue weighted by Gasteiger charge is -2.30. The fourth-order valence-corrected chi connectivity index (χ4v) is 10.1. The number of fused-ring (bicyclic) bond motifs is 4. The van der Waals surface area contributed by atoms with Crippen LogP contribution in [0, 0.1) is 0 Å². The van der Waals surface area contributed by atoms with Crippen LogP contribution in [0.4, 0.5) is 22.7 Å². The lowest BCUT2D eigenvalue weighted by Crippen LogP contribution is -2.25. The minimum atomic E-state index is -0.0388. The summed E-state index contributed by atoms with van der Waals surface area (Å²) >= 11 is 0. The van der Waals surface area contributed by atoms with Gasteiger partial charge in [0.05, 0.1) is 22.4 Å². The Balaban J connectivity index is 1.02. The summed E-state index contributed by atoms with van der Waals surface area (Å²) in [5.74, 6) is 2.40. The summed E-state index contributed by atoms with van der Waals surface area (Å²) in [6, 6.07) is 70.4. The smallest absolute Gasteiger partial charge is 0.137 e. The van der Waals surface area contributed by atoms with Crippen LogP contribution in [0.3, 0.4) is 0 Å². The molecule has 0 aliphatic carbocycles. The third-order valence-electron chi connectivity index (χ3n) is 14.2. The molecule has 1 aliphatic heterocycles. The van der Waals surface area contributed by atoms with Crippen LogP contribution in [-0.4, -0.2) is 16.2 Å². The molecular weight excluding hydrogens is 865 g/mol. The second-order valence-electron chi connectivity index (χ2n) is 22.3. The van der Waals surface area contributed by atoms with Crippen molar-refractivity contribution in [2.75, 3.05) is 16.5 Å². The molecule has 0 saturated heterocycles. The molecule has 10 aromatic rings. The first kappa shape index (κ1) is 45.5. The second-order valence-corrected chi connectivity index (χ2v) is 22.3. The summed E-state index contributed by atoms with van der Waals surface area (Å²) in [7, 11) is 0. The maximum absolute atomic E-state index is 6.92. The van der Waals surface area contributed by atoms with Gasteiger partial charge in [0, 0.05) is 46.0 Å². The summed E-state index contributed by atoms with van der Waals surface area (Å²) in [4.78, 5) is 9.94. The van der Waals surface area contributed by atoms with Gasteiger partial charge in [0.25, 0.3) is 0 Å². The molecule has 1 aliphatic rings. The van der Waals surface area contributed by atoms with E-state index in [1.807, 2.05) is 6.20 Å². The van der Waals surface area contributed by atoms with Crippen molar-refractivity contribution in [3.63, 3.8) is 0 Å². The summed E-state index contributed by atoms with van der Waals surface area (Å²) < 4.78 is 9.22. The van der Waals surface area contributed by atoms with Crippen LogP contribution >= 0.6 is 0 Å². The Morgan fingerprint density at radius 1 is 0.408 bits per heavy atom. The molecule has 0 saturated carbocycles. The molecular formula is C66H62N4O. The third-order valence-corrected chi connectivity index (χ3v) is 14.2. The maximum Gasteiger partial charge on any atom is 0.137 e. The number of hydrogen-bond donors (Lipinski definition) is 0. The van der Waals surface area contributed by atoms with E-state index in [0.29, 0.717) is 6.67 Å². The Labute approximate surface area is 419 Å². The van der Waals surface area contributed by atoms with Gasteiger partial charge in [-0.05, 0) is 134 Å². The van der Waals surface area contributed by atoms with E-state index in [1.54, 1.807) is 0 Å². The molecule has 0 radical (unpaired) electrons. The molecule has 0 atom stereocenters. The van der Waals surface area contributed by atoms with Gasteiger partial charge in [0.1, 0.15) is 24.0 Å². The molecule has 0 fully saturated rings. The van der Waals surface area contributed by atoms with Crippen LogP contribution < -0.4 is 14.5 Å². The van der Waals surface area contributed by atoms with E-state index in [4.69, 9.17) is 9.72 Å². The Morgan fingerprint density at radius 2 is 1.03 bits per heavy atom. The predicted molar refractivity (Wildman–Crippen MR) is 300 cm³/mol. The van der Waals surface area contributed by atoms with Crippen molar-refractivity contribution in [2.24, 2.45) is 0 Å². The quantitative estimate of drug-likeness (QED) is 0.152. The van der Waals surface area contributed by atoms with Crippen LogP contribution in [-0.2, 0) is 16.2 Å². The molecule has 0 amide bonds. The van der Waals surface area contributed by atoms with Crippen LogP contribution in [0.5, 0.6) is 11.5 Å². The van der Waals surface area contributed by atoms with Crippen LogP contribution in [0.15, 0.2) is 200 Å². The first-order valence-corrected chi connectivity index (χ1v) is 25.0. The number of hydrogen-bond acceptors (Lipinski definition) is 4.